The van der Waals surface area contributed by atoms with Crippen LogP contribution in [0.25, 0.3) is 0 Å². The summed E-state index contributed by atoms with van der Waals surface area (Å²) in [6, 6.07) is 2.11. The van der Waals surface area contributed by atoms with E-state index in [-0.39, 0.29) is 15.5 Å². The highest BCUT2D eigenvalue weighted by atomic mass is 79.9. The maximum atomic E-state index is 14.3. The first-order chi connectivity index (χ1) is 9.37. The van der Waals surface area contributed by atoms with Gasteiger partial charge in [-0.1, -0.05) is 26.7 Å². The van der Waals surface area contributed by atoms with Gasteiger partial charge in [0.25, 0.3) is 0 Å². The van der Waals surface area contributed by atoms with Gasteiger partial charge in [0.1, 0.15) is 11.6 Å². The molecule has 2 N–H and O–H groups in total. The van der Waals surface area contributed by atoms with Crippen LogP contribution >= 0.6 is 15.9 Å². The van der Waals surface area contributed by atoms with Crippen molar-refractivity contribution in [2.75, 3.05) is 0 Å². The van der Waals surface area contributed by atoms with Gasteiger partial charge < -0.3 is 5.73 Å². The van der Waals surface area contributed by atoms with Crippen LogP contribution in [0.2, 0.25) is 0 Å². The molecule has 2 rings (SSSR count). The second-order valence-electron chi connectivity index (χ2n) is 6.40. The third-order valence-corrected chi connectivity index (χ3v) is 5.08. The number of rotatable bonds is 4. The molecule has 20 heavy (non-hydrogen) atoms. The van der Waals surface area contributed by atoms with Crippen LogP contribution in [0, 0.1) is 23.0 Å². The van der Waals surface area contributed by atoms with E-state index in [1.54, 1.807) is 0 Å². The van der Waals surface area contributed by atoms with Gasteiger partial charge in [-0.3, -0.25) is 0 Å². The van der Waals surface area contributed by atoms with Crippen LogP contribution in [0.1, 0.15) is 57.6 Å². The van der Waals surface area contributed by atoms with Gasteiger partial charge in [-0.25, -0.2) is 8.78 Å². The van der Waals surface area contributed by atoms with Gasteiger partial charge in [0.05, 0.1) is 4.47 Å². The van der Waals surface area contributed by atoms with Crippen LogP contribution in [-0.4, -0.2) is 0 Å². The molecular weight excluding hydrogens is 324 g/mol. The Labute approximate surface area is 128 Å². The Morgan fingerprint density at radius 1 is 1.25 bits per heavy atom. The highest BCUT2D eigenvalue weighted by molar-refractivity contribution is 9.10. The highest BCUT2D eigenvalue weighted by Crippen LogP contribution is 2.51. The fourth-order valence-corrected chi connectivity index (χ4v) is 4.01. The van der Waals surface area contributed by atoms with Gasteiger partial charge in [0.15, 0.2) is 0 Å². The Balaban J connectivity index is 2.43. The van der Waals surface area contributed by atoms with Crippen LogP contribution in [0.15, 0.2) is 16.6 Å². The second kappa shape index (κ2) is 6.10. The van der Waals surface area contributed by atoms with Crippen molar-refractivity contribution in [3.8, 4) is 0 Å². The standard InChI is InChI=1S/C16H22BrF2N/c1-10(2)9-16(7-3-4-8-16)15(20)13-12(18)6-5-11(17)14(13)19/h5-6,10,15H,3-4,7-9,20H2,1-2H3. The van der Waals surface area contributed by atoms with Crippen LogP contribution in [0.3, 0.4) is 0 Å². The number of hydrogen-bond donors (Lipinski definition) is 1. The quantitative estimate of drug-likeness (QED) is 0.733. The van der Waals surface area contributed by atoms with Gasteiger partial charge in [0.2, 0.25) is 0 Å². The summed E-state index contributed by atoms with van der Waals surface area (Å²) in [5.74, 6) is -0.613. The fraction of sp³-hybridized carbons (Fsp3) is 0.625. The first kappa shape index (κ1) is 15.9. The zero-order valence-corrected chi connectivity index (χ0v) is 13.6. The first-order valence-electron chi connectivity index (χ1n) is 7.26. The van der Waals surface area contributed by atoms with E-state index in [9.17, 15) is 8.78 Å². The van der Waals surface area contributed by atoms with Crippen LogP contribution in [-0.2, 0) is 0 Å². The average molecular weight is 346 g/mol. The monoisotopic (exact) mass is 345 g/mol. The molecule has 0 aliphatic heterocycles. The van der Waals surface area contributed by atoms with Crippen molar-refractivity contribution in [3.05, 3.63) is 33.8 Å². The summed E-state index contributed by atoms with van der Waals surface area (Å²) in [5, 5.41) is 0. The summed E-state index contributed by atoms with van der Waals surface area (Å²) in [5.41, 5.74) is 6.23. The van der Waals surface area contributed by atoms with Crippen molar-refractivity contribution in [2.24, 2.45) is 17.1 Å². The lowest BCUT2D eigenvalue weighted by Gasteiger charge is -2.37. The Kier molecular flexibility index (Phi) is 4.85. The molecule has 1 aliphatic rings. The predicted octanol–water partition coefficient (Wildman–Crippen LogP) is 5.33. The third kappa shape index (κ3) is 2.91. The third-order valence-electron chi connectivity index (χ3n) is 4.46. The Hall–Kier alpha value is -0.480. The maximum absolute atomic E-state index is 14.3. The normalized spacial score (nSPS) is 19.6. The van der Waals surface area contributed by atoms with Crippen LogP contribution < -0.4 is 5.73 Å². The molecule has 112 valence electrons. The molecule has 1 aromatic carbocycles. The Bertz CT molecular complexity index is 482. The topological polar surface area (TPSA) is 26.0 Å². The van der Waals surface area contributed by atoms with E-state index in [2.05, 4.69) is 29.8 Å². The fourth-order valence-electron chi connectivity index (χ4n) is 3.67. The molecule has 0 heterocycles. The minimum atomic E-state index is -0.579. The minimum Gasteiger partial charge on any atom is -0.323 e. The molecular formula is C16H22BrF2N. The number of nitrogens with two attached hydrogens (primary N) is 1. The first-order valence-corrected chi connectivity index (χ1v) is 8.05. The van der Waals surface area contributed by atoms with Crippen molar-refractivity contribution in [1.29, 1.82) is 0 Å². The number of benzene rings is 1. The van der Waals surface area contributed by atoms with Gasteiger partial charge in [-0.15, -0.1) is 0 Å². The number of hydrogen-bond acceptors (Lipinski definition) is 1. The average Bonchev–Trinajstić information content (AvgIpc) is 2.83. The van der Waals surface area contributed by atoms with E-state index < -0.39 is 17.7 Å². The smallest absolute Gasteiger partial charge is 0.145 e. The summed E-state index contributed by atoms with van der Waals surface area (Å²) in [4.78, 5) is 0. The summed E-state index contributed by atoms with van der Waals surface area (Å²) < 4.78 is 28.7. The second-order valence-corrected chi connectivity index (χ2v) is 7.26. The molecule has 1 fully saturated rings. The molecule has 0 saturated heterocycles. The van der Waals surface area contributed by atoms with Crippen molar-refractivity contribution >= 4 is 15.9 Å². The van der Waals surface area contributed by atoms with E-state index in [1.165, 1.54) is 12.1 Å². The largest absolute Gasteiger partial charge is 0.323 e. The van der Waals surface area contributed by atoms with Gasteiger partial charge in [0, 0.05) is 11.6 Å². The maximum Gasteiger partial charge on any atom is 0.145 e. The Morgan fingerprint density at radius 3 is 2.40 bits per heavy atom. The summed E-state index contributed by atoms with van der Waals surface area (Å²) in [7, 11) is 0. The molecule has 1 nitrogen and oxygen atoms in total. The lowest BCUT2D eigenvalue weighted by molar-refractivity contribution is 0.177. The molecule has 0 amide bonds. The highest BCUT2D eigenvalue weighted by Gasteiger charge is 2.42. The summed E-state index contributed by atoms with van der Waals surface area (Å²) >= 11 is 3.13. The molecule has 1 atom stereocenters. The molecule has 0 spiro atoms. The predicted molar refractivity (Wildman–Crippen MR) is 81.3 cm³/mol. The molecule has 1 aromatic rings. The van der Waals surface area contributed by atoms with E-state index in [1.807, 2.05) is 0 Å². The van der Waals surface area contributed by atoms with Crippen molar-refractivity contribution < 1.29 is 8.78 Å². The van der Waals surface area contributed by atoms with Crippen molar-refractivity contribution in [2.45, 2.75) is 52.0 Å². The van der Waals surface area contributed by atoms with Gasteiger partial charge in [-0.2, -0.15) is 0 Å². The molecule has 1 aliphatic carbocycles. The zero-order valence-electron chi connectivity index (χ0n) is 12.1. The molecule has 0 bridgehead atoms. The lowest BCUT2D eigenvalue weighted by Crippen LogP contribution is -2.35. The van der Waals surface area contributed by atoms with Crippen LogP contribution in [0.5, 0.6) is 0 Å². The van der Waals surface area contributed by atoms with E-state index in [0.29, 0.717) is 5.92 Å². The van der Waals surface area contributed by atoms with Crippen molar-refractivity contribution in [1.82, 2.24) is 0 Å². The van der Waals surface area contributed by atoms with Gasteiger partial charge in [-0.05, 0) is 58.7 Å². The summed E-state index contributed by atoms with van der Waals surface area (Å²) in [6.07, 6.45) is 5.02. The van der Waals surface area contributed by atoms with E-state index in [4.69, 9.17) is 5.73 Å². The number of halogens is 3. The van der Waals surface area contributed by atoms with Crippen LogP contribution in [0.4, 0.5) is 8.78 Å². The van der Waals surface area contributed by atoms with Gasteiger partial charge >= 0.3 is 0 Å². The summed E-state index contributed by atoms with van der Waals surface area (Å²) in [6.45, 7) is 4.28. The van der Waals surface area contributed by atoms with E-state index in [0.717, 1.165) is 32.1 Å². The molecule has 1 unspecified atom stereocenters. The molecule has 1 saturated carbocycles. The molecule has 4 heteroatoms. The lowest BCUT2D eigenvalue weighted by atomic mass is 9.70. The van der Waals surface area contributed by atoms with Crippen molar-refractivity contribution in [3.63, 3.8) is 0 Å². The SMILES string of the molecule is CC(C)CC1(C(N)c2c(F)ccc(Br)c2F)CCCC1. The zero-order chi connectivity index (χ0) is 14.9. The minimum absolute atomic E-state index is 0.0434. The van der Waals surface area contributed by atoms with E-state index >= 15 is 0 Å². The molecule has 0 aromatic heterocycles. The Morgan fingerprint density at radius 2 is 1.85 bits per heavy atom. The molecule has 0 radical (unpaired) electrons.